The monoisotopic (exact) mass is 449 g/mol. The Bertz CT molecular complexity index is 523. The number of rotatable bonds is 8. The molecule has 1 aliphatic carbocycles. The van der Waals surface area contributed by atoms with Crippen LogP contribution in [0.5, 0.6) is 17.2 Å². The van der Waals surface area contributed by atoms with Crippen LogP contribution < -0.4 is 24.8 Å². The molecule has 1 aromatic carbocycles. The molecule has 0 radical (unpaired) electrons. The largest absolute Gasteiger partial charge is 0.496 e. The van der Waals surface area contributed by atoms with Crippen molar-refractivity contribution < 1.29 is 14.2 Å². The van der Waals surface area contributed by atoms with E-state index in [1.807, 2.05) is 12.1 Å². The fraction of sp³-hybridized carbons (Fsp3) is 0.588. The summed E-state index contributed by atoms with van der Waals surface area (Å²) in [7, 11) is 4.90. The van der Waals surface area contributed by atoms with Crippen LogP contribution in [0.25, 0.3) is 0 Å². The summed E-state index contributed by atoms with van der Waals surface area (Å²) in [6.07, 6.45) is 2.62. The summed E-state index contributed by atoms with van der Waals surface area (Å²) in [5, 5.41) is 6.65. The molecule has 24 heavy (non-hydrogen) atoms. The third kappa shape index (κ3) is 5.92. The number of benzene rings is 1. The topological polar surface area (TPSA) is 64.1 Å². The van der Waals surface area contributed by atoms with E-state index in [2.05, 4.69) is 22.5 Å². The first kappa shape index (κ1) is 20.7. The lowest BCUT2D eigenvalue weighted by molar-refractivity contribution is 0.369. The number of nitrogens with one attached hydrogen (secondary N) is 2. The van der Waals surface area contributed by atoms with Crippen LogP contribution in [0.3, 0.4) is 0 Å². The third-order valence-corrected chi connectivity index (χ3v) is 3.81. The summed E-state index contributed by atoms with van der Waals surface area (Å²) in [4.78, 5) is 4.65. The first-order chi connectivity index (χ1) is 11.2. The van der Waals surface area contributed by atoms with Crippen molar-refractivity contribution in [1.82, 2.24) is 10.6 Å². The maximum absolute atomic E-state index is 5.46. The summed E-state index contributed by atoms with van der Waals surface area (Å²) in [5.41, 5.74) is 0.902. The van der Waals surface area contributed by atoms with Crippen LogP contribution in [0.2, 0.25) is 0 Å². The highest BCUT2D eigenvalue weighted by atomic mass is 127. The van der Waals surface area contributed by atoms with Crippen molar-refractivity contribution in [3.63, 3.8) is 0 Å². The molecule has 0 spiro atoms. The van der Waals surface area contributed by atoms with Crippen molar-refractivity contribution in [2.75, 3.05) is 34.4 Å². The standard InChI is InChI=1S/C17H27N3O3.HI/c1-5-18-17(19-10-12-6-7-12)20-11-14-15(22-3)8-13(21-2)9-16(14)23-4;/h8-9,12H,5-7,10-11H2,1-4H3,(H2,18,19,20);1H. The summed E-state index contributed by atoms with van der Waals surface area (Å²) in [6, 6.07) is 3.69. The van der Waals surface area contributed by atoms with Gasteiger partial charge in [-0.05, 0) is 25.7 Å². The van der Waals surface area contributed by atoms with Gasteiger partial charge in [0, 0.05) is 25.2 Å². The Hall–Kier alpha value is -1.38. The zero-order valence-corrected chi connectivity index (χ0v) is 17.2. The molecule has 0 unspecified atom stereocenters. The Morgan fingerprint density at radius 3 is 2.17 bits per heavy atom. The molecule has 2 N–H and O–H groups in total. The Morgan fingerprint density at radius 1 is 1.08 bits per heavy atom. The van der Waals surface area contributed by atoms with Gasteiger partial charge in [0.25, 0.3) is 0 Å². The molecule has 1 fully saturated rings. The van der Waals surface area contributed by atoms with Gasteiger partial charge in [0.05, 0.1) is 33.4 Å². The summed E-state index contributed by atoms with van der Waals surface area (Å²) in [5.74, 6) is 3.74. The van der Waals surface area contributed by atoms with E-state index in [0.29, 0.717) is 23.8 Å². The van der Waals surface area contributed by atoms with Crippen LogP contribution >= 0.6 is 24.0 Å². The molecule has 2 rings (SSSR count). The Balaban J connectivity index is 0.00000288. The van der Waals surface area contributed by atoms with Crippen LogP contribution in [0.15, 0.2) is 17.1 Å². The fourth-order valence-corrected chi connectivity index (χ4v) is 2.30. The van der Waals surface area contributed by atoms with Crippen molar-refractivity contribution in [3.8, 4) is 17.2 Å². The van der Waals surface area contributed by atoms with Crippen molar-refractivity contribution >= 4 is 29.9 Å². The molecule has 1 aliphatic rings. The second-order valence-corrected chi connectivity index (χ2v) is 5.53. The molecular weight excluding hydrogens is 421 g/mol. The second kappa shape index (κ2) is 10.5. The summed E-state index contributed by atoms with van der Waals surface area (Å²) < 4.78 is 16.2. The first-order valence-electron chi connectivity index (χ1n) is 8.02. The van der Waals surface area contributed by atoms with Gasteiger partial charge < -0.3 is 24.8 Å². The molecule has 1 saturated carbocycles. The van der Waals surface area contributed by atoms with Gasteiger partial charge in [0.2, 0.25) is 0 Å². The average molecular weight is 449 g/mol. The van der Waals surface area contributed by atoms with E-state index in [4.69, 9.17) is 14.2 Å². The smallest absolute Gasteiger partial charge is 0.191 e. The van der Waals surface area contributed by atoms with E-state index >= 15 is 0 Å². The normalized spacial score (nSPS) is 13.8. The van der Waals surface area contributed by atoms with E-state index in [1.54, 1.807) is 21.3 Å². The first-order valence-corrected chi connectivity index (χ1v) is 8.02. The lowest BCUT2D eigenvalue weighted by atomic mass is 10.1. The molecule has 0 aliphatic heterocycles. The van der Waals surface area contributed by atoms with Gasteiger partial charge in [0.1, 0.15) is 17.2 Å². The summed E-state index contributed by atoms with van der Waals surface area (Å²) in [6.45, 7) is 4.33. The molecule has 0 amide bonds. The van der Waals surface area contributed by atoms with Gasteiger partial charge >= 0.3 is 0 Å². The molecule has 136 valence electrons. The van der Waals surface area contributed by atoms with Crippen LogP contribution in [-0.2, 0) is 6.54 Å². The molecule has 0 heterocycles. The Labute approximate surface area is 161 Å². The van der Waals surface area contributed by atoms with Gasteiger partial charge in [-0.3, -0.25) is 0 Å². The molecule has 0 atom stereocenters. The van der Waals surface area contributed by atoms with Crippen LogP contribution in [0.1, 0.15) is 25.3 Å². The highest BCUT2D eigenvalue weighted by Crippen LogP contribution is 2.34. The third-order valence-electron chi connectivity index (χ3n) is 3.81. The van der Waals surface area contributed by atoms with Gasteiger partial charge in [-0.15, -0.1) is 24.0 Å². The zero-order chi connectivity index (χ0) is 16.7. The average Bonchev–Trinajstić information content (AvgIpc) is 3.40. The van der Waals surface area contributed by atoms with E-state index in [1.165, 1.54) is 12.8 Å². The maximum Gasteiger partial charge on any atom is 0.191 e. The molecule has 0 saturated heterocycles. The number of nitrogens with zero attached hydrogens (tertiary/aromatic N) is 1. The molecule has 6 nitrogen and oxygen atoms in total. The quantitative estimate of drug-likeness (QED) is 0.363. The molecule has 0 aromatic heterocycles. The van der Waals surface area contributed by atoms with Crippen molar-refractivity contribution in [3.05, 3.63) is 17.7 Å². The van der Waals surface area contributed by atoms with E-state index < -0.39 is 0 Å². The fourth-order valence-electron chi connectivity index (χ4n) is 2.30. The minimum atomic E-state index is 0. The molecule has 7 heteroatoms. The van der Waals surface area contributed by atoms with Crippen LogP contribution in [0.4, 0.5) is 0 Å². The van der Waals surface area contributed by atoms with Gasteiger partial charge in [0.15, 0.2) is 5.96 Å². The van der Waals surface area contributed by atoms with Crippen molar-refractivity contribution in [1.29, 1.82) is 0 Å². The highest BCUT2D eigenvalue weighted by Gasteiger charge is 2.21. The molecular formula is C17H28IN3O3. The number of ether oxygens (including phenoxy) is 3. The molecule has 1 aromatic rings. The lowest BCUT2D eigenvalue weighted by Gasteiger charge is -2.15. The van der Waals surface area contributed by atoms with Crippen LogP contribution in [-0.4, -0.2) is 40.4 Å². The maximum atomic E-state index is 5.46. The number of hydrogen-bond donors (Lipinski definition) is 2. The predicted molar refractivity (Wildman–Crippen MR) is 107 cm³/mol. The van der Waals surface area contributed by atoms with Gasteiger partial charge in [-0.25, -0.2) is 4.99 Å². The van der Waals surface area contributed by atoms with E-state index in [0.717, 1.165) is 30.5 Å². The zero-order valence-electron chi connectivity index (χ0n) is 14.8. The number of hydrogen-bond acceptors (Lipinski definition) is 4. The Morgan fingerprint density at radius 2 is 1.71 bits per heavy atom. The van der Waals surface area contributed by atoms with E-state index in [-0.39, 0.29) is 24.0 Å². The minimum Gasteiger partial charge on any atom is -0.496 e. The lowest BCUT2D eigenvalue weighted by Crippen LogP contribution is -2.38. The number of methoxy groups -OCH3 is 3. The second-order valence-electron chi connectivity index (χ2n) is 5.53. The van der Waals surface area contributed by atoms with Gasteiger partial charge in [-0.2, -0.15) is 0 Å². The Kier molecular flexibility index (Phi) is 9.02. The van der Waals surface area contributed by atoms with E-state index in [9.17, 15) is 0 Å². The summed E-state index contributed by atoms with van der Waals surface area (Å²) >= 11 is 0. The molecule has 0 bridgehead atoms. The van der Waals surface area contributed by atoms with Crippen LogP contribution in [0, 0.1) is 5.92 Å². The highest BCUT2D eigenvalue weighted by molar-refractivity contribution is 14.0. The number of aliphatic imine (C=N–C) groups is 1. The SMILES string of the molecule is CCNC(=NCc1c(OC)cc(OC)cc1OC)NCC1CC1.I. The van der Waals surface area contributed by atoms with Crippen molar-refractivity contribution in [2.24, 2.45) is 10.9 Å². The van der Waals surface area contributed by atoms with Crippen molar-refractivity contribution in [2.45, 2.75) is 26.3 Å². The predicted octanol–water partition coefficient (Wildman–Crippen LogP) is 2.80. The minimum absolute atomic E-state index is 0. The number of halogens is 1. The van der Waals surface area contributed by atoms with Gasteiger partial charge in [-0.1, -0.05) is 0 Å². The number of guanidine groups is 1.